The highest BCUT2D eigenvalue weighted by Crippen LogP contribution is 2.46. The van der Waals surface area contributed by atoms with Gasteiger partial charge in [-0.05, 0) is 17.2 Å². The van der Waals surface area contributed by atoms with Crippen LogP contribution >= 0.6 is 0 Å². The fraction of sp³-hybridized carbons (Fsp3) is 0.458. The molecule has 2 aliphatic heterocycles. The molecule has 0 N–H and O–H groups in total. The molecule has 3 heterocycles. The Kier molecular flexibility index (Phi) is 5.20. The standard InChI is InChI=1S/C24H25F2N3O3/c25-23(26)11-19(12-23)21(30)28-9-10-32-24(16-28)20(18-6-2-1-3-7-18)15-29(22(24)31)14-17-5-4-8-27-13-17/h1-8,13,19-20H,9-12,14-16H2. The minimum absolute atomic E-state index is 0.0792. The second-order valence-electron chi connectivity index (χ2n) is 8.97. The summed E-state index contributed by atoms with van der Waals surface area (Å²) in [6.07, 6.45) is 2.57. The summed E-state index contributed by atoms with van der Waals surface area (Å²) in [6, 6.07) is 13.4. The quantitative estimate of drug-likeness (QED) is 0.732. The molecule has 2 unspecified atom stereocenters. The predicted molar refractivity (Wildman–Crippen MR) is 112 cm³/mol. The third-order valence-electron chi connectivity index (χ3n) is 6.81. The number of pyridine rings is 1. The highest BCUT2D eigenvalue weighted by molar-refractivity contribution is 5.91. The first kappa shape index (κ1) is 21.0. The normalized spacial score (nSPS) is 27.6. The number of morpholine rings is 1. The third kappa shape index (κ3) is 3.66. The summed E-state index contributed by atoms with van der Waals surface area (Å²) in [5, 5.41) is 0. The number of likely N-dealkylation sites (tertiary alicyclic amines) is 1. The zero-order valence-corrected chi connectivity index (χ0v) is 17.6. The Morgan fingerprint density at radius 2 is 1.94 bits per heavy atom. The Labute approximate surface area is 185 Å². The van der Waals surface area contributed by atoms with Crippen LogP contribution < -0.4 is 0 Å². The van der Waals surface area contributed by atoms with Crippen LogP contribution in [0.15, 0.2) is 54.9 Å². The summed E-state index contributed by atoms with van der Waals surface area (Å²) in [6.45, 7) is 1.42. The van der Waals surface area contributed by atoms with Gasteiger partial charge in [-0.1, -0.05) is 36.4 Å². The maximum atomic E-state index is 13.7. The number of ether oxygens (including phenoxy) is 1. The van der Waals surface area contributed by atoms with Gasteiger partial charge in [-0.2, -0.15) is 0 Å². The Hall–Kier alpha value is -2.87. The lowest BCUT2D eigenvalue weighted by molar-refractivity contribution is -0.179. The smallest absolute Gasteiger partial charge is 0.257 e. The Morgan fingerprint density at radius 3 is 2.62 bits per heavy atom. The molecule has 0 radical (unpaired) electrons. The molecule has 0 bridgehead atoms. The lowest BCUT2D eigenvalue weighted by Crippen LogP contribution is -2.61. The molecular weight excluding hydrogens is 416 g/mol. The minimum Gasteiger partial charge on any atom is -0.361 e. The maximum absolute atomic E-state index is 13.7. The monoisotopic (exact) mass is 441 g/mol. The van der Waals surface area contributed by atoms with Crippen molar-refractivity contribution in [1.29, 1.82) is 0 Å². The first-order valence-corrected chi connectivity index (χ1v) is 10.9. The van der Waals surface area contributed by atoms with Crippen LogP contribution in [0.25, 0.3) is 0 Å². The van der Waals surface area contributed by atoms with E-state index < -0.39 is 30.3 Å². The third-order valence-corrected chi connectivity index (χ3v) is 6.81. The van der Waals surface area contributed by atoms with Crippen molar-refractivity contribution in [3.05, 3.63) is 66.0 Å². The lowest BCUT2D eigenvalue weighted by Gasteiger charge is -2.44. The number of rotatable bonds is 4. The molecule has 8 heteroatoms. The maximum Gasteiger partial charge on any atom is 0.257 e. The van der Waals surface area contributed by atoms with E-state index in [0.717, 1.165) is 11.1 Å². The predicted octanol–water partition coefficient (Wildman–Crippen LogP) is 2.85. The highest BCUT2D eigenvalue weighted by Gasteiger charge is 2.59. The number of nitrogens with zero attached hydrogens (tertiary/aromatic N) is 3. The fourth-order valence-corrected chi connectivity index (χ4v) is 5.14. The van der Waals surface area contributed by atoms with E-state index in [1.165, 1.54) is 0 Å². The molecule has 2 atom stereocenters. The molecule has 1 spiro atoms. The van der Waals surface area contributed by atoms with E-state index in [9.17, 15) is 18.4 Å². The van der Waals surface area contributed by atoms with Gasteiger partial charge in [0.2, 0.25) is 11.8 Å². The highest BCUT2D eigenvalue weighted by atomic mass is 19.3. The summed E-state index contributed by atoms with van der Waals surface area (Å²) in [5.74, 6) is -4.19. The van der Waals surface area contributed by atoms with Crippen molar-refractivity contribution in [3.63, 3.8) is 0 Å². The van der Waals surface area contributed by atoms with Crippen LogP contribution in [0.2, 0.25) is 0 Å². The second kappa shape index (κ2) is 7.92. The van der Waals surface area contributed by atoms with Crippen LogP contribution in [0.5, 0.6) is 0 Å². The fourth-order valence-electron chi connectivity index (χ4n) is 5.14. The first-order chi connectivity index (χ1) is 15.4. The van der Waals surface area contributed by atoms with Gasteiger partial charge in [0.25, 0.3) is 5.91 Å². The van der Waals surface area contributed by atoms with Crippen molar-refractivity contribution >= 4 is 11.8 Å². The summed E-state index contributed by atoms with van der Waals surface area (Å²) in [5.41, 5.74) is 0.646. The SMILES string of the molecule is O=C(C1CC(F)(F)C1)N1CCOC2(C1)C(=O)N(Cc1cccnc1)CC2c1ccccc1. The molecule has 3 aliphatic rings. The number of amides is 2. The summed E-state index contributed by atoms with van der Waals surface area (Å²) >= 11 is 0. The van der Waals surface area contributed by atoms with Gasteiger partial charge in [0.1, 0.15) is 0 Å². The van der Waals surface area contributed by atoms with E-state index >= 15 is 0 Å². The topological polar surface area (TPSA) is 62.7 Å². The van der Waals surface area contributed by atoms with Crippen molar-refractivity contribution in [2.75, 3.05) is 26.2 Å². The molecule has 1 aliphatic carbocycles. The van der Waals surface area contributed by atoms with E-state index in [2.05, 4.69) is 4.98 Å². The van der Waals surface area contributed by atoms with Crippen molar-refractivity contribution in [3.8, 4) is 0 Å². The molecule has 2 saturated heterocycles. The summed E-state index contributed by atoms with van der Waals surface area (Å²) < 4.78 is 32.9. The second-order valence-corrected chi connectivity index (χ2v) is 8.97. The zero-order chi connectivity index (χ0) is 22.3. The van der Waals surface area contributed by atoms with Gasteiger partial charge in [0.05, 0.1) is 13.2 Å². The van der Waals surface area contributed by atoms with Crippen molar-refractivity contribution in [2.45, 2.75) is 36.8 Å². The number of hydrogen-bond donors (Lipinski definition) is 0. The van der Waals surface area contributed by atoms with Crippen LogP contribution in [0, 0.1) is 5.92 Å². The number of carbonyl (C=O) groups excluding carboxylic acids is 2. The van der Waals surface area contributed by atoms with Gasteiger partial charge in [-0.15, -0.1) is 0 Å². The first-order valence-electron chi connectivity index (χ1n) is 10.9. The summed E-state index contributed by atoms with van der Waals surface area (Å²) in [7, 11) is 0. The number of aromatic nitrogens is 1. The van der Waals surface area contributed by atoms with Gasteiger partial charge in [0.15, 0.2) is 5.60 Å². The number of hydrogen-bond acceptors (Lipinski definition) is 4. The molecule has 1 saturated carbocycles. The number of carbonyl (C=O) groups is 2. The number of benzene rings is 1. The van der Waals surface area contributed by atoms with Gasteiger partial charge < -0.3 is 14.5 Å². The Balaban J connectivity index is 1.43. The molecule has 2 aromatic rings. The van der Waals surface area contributed by atoms with E-state index in [4.69, 9.17) is 4.74 Å². The zero-order valence-electron chi connectivity index (χ0n) is 17.6. The van der Waals surface area contributed by atoms with Gasteiger partial charge in [-0.3, -0.25) is 14.6 Å². The minimum atomic E-state index is -2.76. The van der Waals surface area contributed by atoms with Crippen LogP contribution in [-0.4, -0.2) is 64.4 Å². The molecule has 3 fully saturated rings. The van der Waals surface area contributed by atoms with E-state index in [1.54, 1.807) is 22.2 Å². The van der Waals surface area contributed by atoms with E-state index in [0.29, 0.717) is 19.6 Å². The largest absolute Gasteiger partial charge is 0.361 e. The van der Waals surface area contributed by atoms with Crippen molar-refractivity contribution < 1.29 is 23.1 Å². The number of halogens is 2. The molecule has 32 heavy (non-hydrogen) atoms. The van der Waals surface area contributed by atoms with Crippen LogP contribution in [-0.2, 0) is 20.9 Å². The molecule has 1 aromatic heterocycles. The van der Waals surface area contributed by atoms with E-state index in [1.807, 2.05) is 42.5 Å². The average molecular weight is 441 g/mol. The van der Waals surface area contributed by atoms with Crippen LogP contribution in [0.3, 0.4) is 0 Å². The van der Waals surface area contributed by atoms with Crippen LogP contribution in [0.1, 0.15) is 29.9 Å². The molecule has 2 amide bonds. The Morgan fingerprint density at radius 1 is 1.16 bits per heavy atom. The molecule has 6 nitrogen and oxygen atoms in total. The number of alkyl halides is 2. The van der Waals surface area contributed by atoms with Gasteiger partial charge >= 0.3 is 0 Å². The molecule has 1 aromatic carbocycles. The lowest BCUT2D eigenvalue weighted by atomic mass is 9.79. The summed E-state index contributed by atoms with van der Waals surface area (Å²) in [4.78, 5) is 34.1. The molecule has 5 rings (SSSR count). The van der Waals surface area contributed by atoms with Crippen molar-refractivity contribution in [1.82, 2.24) is 14.8 Å². The average Bonchev–Trinajstić information content (AvgIpc) is 3.04. The molecule has 168 valence electrons. The van der Waals surface area contributed by atoms with E-state index in [-0.39, 0.29) is 30.9 Å². The molecular formula is C24H25F2N3O3. The van der Waals surface area contributed by atoms with Gasteiger partial charge in [-0.25, -0.2) is 8.78 Å². The van der Waals surface area contributed by atoms with Crippen molar-refractivity contribution in [2.24, 2.45) is 5.92 Å². The Bertz CT molecular complexity index is 996. The van der Waals surface area contributed by atoms with Gasteiger partial charge in [0, 0.05) is 56.7 Å². The van der Waals surface area contributed by atoms with Crippen LogP contribution in [0.4, 0.5) is 8.78 Å².